The molecule has 21 heavy (non-hydrogen) atoms. The monoisotopic (exact) mass is 299 g/mol. The van der Waals surface area contributed by atoms with Gasteiger partial charge >= 0.3 is 6.18 Å². The second kappa shape index (κ2) is 5.58. The van der Waals surface area contributed by atoms with Gasteiger partial charge in [-0.1, -0.05) is 13.8 Å². The summed E-state index contributed by atoms with van der Waals surface area (Å²) in [4.78, 5) is 1.98. The normalized spacial score (nSPS) is 19.3. The van der Waals surface area contributed by atoms with Crippen LogP contribution in [0.25, 0.3) is 0 Å². The molecule has 116 valence electrons. The van der Waals surface area contributed by atoms with Gasteiger partial charge in [0.15, 0.2) is 0 Å². The second-order valence-electron chi connectivity index (χ2n) is 5.88. The van der Waals surface area contributed by atoms with Crippen LogP contribution in [0.1, 0.15) is 31.4 Å². The highest BCUT2D eigenvalue weighted by atomic mass is 19.4. The molecule has 1 unspecified atom stereocenters. The molecule has 2 rings (SSSR count). The lowest BCUT2D eigenvalue weighted by Crippen LogP contribution is -2.23. The molecular formula is C15H20F3N3. The van der Waals surface area contributed by atoms with Crippen molar-refractivity contribution in [2.24, 2.45) is 17.6 Å². The molecule has 0 bridgehead atoms. The maximum absolute atomic E-state index is 13.1. The molecule has 1 aromatic carbocycles. The van der Waals surface area contributed by atoms with Gasteiger partial charge in [-0.2, -0.15) is 13.2 Å². The Balaban J connectivity index is 2.33. The predicted octanol–water partition coefficient (Wildman–Crippen LogP) is 3.47. The van der Waals surface area contributed by atoms with Crippen molar-refractivity contribution in [3.8, 4) is 0 Å². The minimum absolute atomic E-state index is 0.258. The molecule has 1 saturated heterocycles. The molecule has 1 atom stereocenters. The van der Waals surface area contributed by atoms with Gasteiger partial charge in [0.1, 0.15) is 5.84 Å². The lowest BCUT2D eigenvalue weighted by atomic mass is 9.95. The highest BCUT2D eigenvalue weighted by Gasteiger charge is 2.35. The summed E-state index contributed by atoms with van der Waals surface area (Å²) in [5.74, 6) is 0.468. The molecule has 1 aromatic rings. The van der Waals surface area contributed by atoms with E-state index in [1.54, 1.807) is 6.07 Å². The number of nitrogens with two attached hydrogens (primary N) is 1. The zero-order valence-corrected chi connectivity index (χ0v) is 12.2. The Morgan fingerprint density at radius 2 is 2.05 bits per heavy atom. The number of hydrogen-bond donors (Lipinski definition) is 2. The Bertz CT molecular complexity index is 537. The van der Waals surface area contributed by atoms with Crippen molar-refractivity contribution in [2.75, 3.05) is 18.0 Å². The summed E-state index contributed by atoms with van der Waals surface area (Å²) in [6.07, 6.45) is -3.51. The quantitative estimate of drug-likeness (QED) is 0.663. The minimum Gasteiger partial charge on any atom is -0.384 e. The summed E-state index contributed by atoms with van der Waals surface area (Å²) in [7, 11) is 0. The first-order chi connectivity index (χ1) is 9.70. The van der Waals surface area contributed by atoms with Crippen LogP contribution in [0.3, 0.4) is 0 Å². The zero-order valence-electron chi connectivity index (χ0n) is 12.2. The maximum Gasteiger partial charge on any atom is 0.417 e. The molecule has 0 radical (unpaired) electrons. The summed E-state index contributed by atoms with van der Waals surface area (Å²) < 4.78 is 39.3. The lowest BCUT2D eigenvalue weighted by molar-refractivity contribution is -0.137. The van der Waals surface area contributed by atoms with Crippen molar-refractivity contribution in [3.63, 3.8) is 0 Å². The Kier molecular flexibility index (Phi) is 4.16. The van der Waals surface area contributed by atoms with Gasteiger partial charge in [0.25, 0.3) is 0 Å². The van der Waals surface area contributed by atoms with E-state index in [0.29, 0.717) is 17.5 Å². The molecule has 6 heteroatoms. The molecule has 1 heterocycles. The maximum atomic E-state index is 13.1. The van der Waals surface area contributed by atoms with Gasteiger partial charge in [-0.15, -0.1) is 0 Å². The minimum atomic E-state index is -4.51. The first kappa shape index (κ1) is 15.7. The van der Waals surface area contributed by atoms with Crippen LogP contribution >= 0.6 is 0 Å². The Morgan fingerprint density at radius 1 is 1.38 bits per heavy atom. The number of hydrogen-bond acceptors (Lipinski definition) is 2. The topological polar surface area (TPSA) is 53.1 Å². The molecule has 0 saturated carbocycles. The molecule has 3 nitrogen and oxygen atoms in total. The van der Waals surface area contributed by atoms with Gasteiger partial charge in [0.05, 0.1) is 5.56 Å². The van der Waals surface area contributed by atoms with Gasteiger partial charge in [0.2, 0.25) is 0 Å². The summed E-state index contributed by atoms with van der Waals surface area (Å²) in [6.45, 7) is 5.80. The zero-order chi connectivity index (χ0) is 15.8. The van der Waals surface area contributed by atoms with Crippen LogP contribution in [0.5, 0.6) is 0 Å². The molecule has 1 aliphatic heterocycles. The predicted molar refractivity (Wildman–Crippen MR) is 77.6 cm³/mol. The van der Waals surface area contributed by atoms with E-state index >= 15 is 0 Å². The SMILES string of the molecule is CC(C)C1CCN(c2ccc(C(=N)N)c(C(F)(F)F)c2)C1. The first-order valence-corrected chi connectivity index (χ1v) is 7.00. The second-order valence-corrected chi connectivity index (χ2v) is 5.88. The third kappa shape index (κ3) is 3.31. The van der Waals surface area contributed by atoms with E-state index in [0.717, 1.165) is 25.6 Å². The summed E-state index contributed by atoms with van der Waals surface area (Å²) in [5.41, 5.74) is 4.71. The summed E-state index contributed by atoms with van der Waals surface area (Å²) in [5, 5.41) is 7.29. The van der Waals surface area contributed by atoms with Crippen molar-refractivity contribution in [1.29, 1.82) is 5.41 Å². The number of nitrogens with zero attached hydrogens (tertiary/aromatic N) is 1. The van der Waals surface area contributed by atoms with E-state index in [1.807, 2.05) is 4.90 Å². The van der Waals surface area contributed by atoms with Gasteiger partial charge in [-0.25, -0.2) is 0 Å². The van der Waals surface area contributed by atoms with Crippen LogP contribution in [0.2, 0.25) is 0 Å². The van der Waals surface area contributed by atoms with Gasteiger partial charge in [-0.05, 0) is 36.5 Å². The Morgan fingerprint density at radius 3 is 2.52 bits per heavy atom. The molecule has 0 aromatic heterocycles. The molecule has 1 aliphatic rings. The summed E-state index contributed by atoms with van der Waals surface area (Å²) >= 11 is 0. The molecule has 0 amide bonds. The van der Waals surface area contributed by atoms with Crippen LogP contribution in [0, 0.1) is 17.2 Å². The number of nitrogen functional groups attached to an aromatic ring is 1. The number of amidine groups is 1. The van der Waals surface area contributed by atoms with Crippen molar-refractivity contribution >= 4 is 11.5 Å². The van der Waals surface area contributed by atoms with E-state index in [2.05, 4.69) is 13.8 Å². The largest absolute Gasteiger partial charge is 0.417 e. The van der Waals surface area contributed by atoms with Crippen LogP contribution in [0.4, 0.5) is 18.9 Å². The molecular weight excluding hydrogens is 279 g/mol. The number of nitrogens with one attached hydrogen (secondary N) is 1. The average Bonchev–Trinajstić information content (AvgIpc) is 2.86. The third-order valence-electron chi connectivity index (χ3n) is 4.13. The highest BCUT2D eigenvalue weighted by molar-refractivity contribution is 5.97. The van der Waals surface area contributed by atoms with Crippen LogP contribution in [0.15, 0.2) is 18.2 Å². The number of halogens is 3. The third-order valence-corrected chi connectivity index (χ3v) is 4.13. The molecule has 1 fully saturated rings. The number of rotatable bonds is 3. The highest BCUT2D eigenvalue weighted by Crippen LogP contribution is 2.36. The van der Waals surface area contributed by atoms with Crippen molar-refractivity contribution in [3.05, 3.63) is 29.3 Å². The van der Waals surface area contributed by atoms with Crippen molar-refractivity contribution < 1.29 is 13.2 Å². The fourth-order valence-corrected chi connectivity index (χ4v) is 2.76. The van der Waals surface area contributed by atoms with Gasteiger partial charge in [0, 0.05) is 24.3 Å². The number of benzene rings is 1. The average molecular weight is 299 g/mol. The van der Waals surface area contributed by atoms with E-state index in [1.165, 1.54) is 6.07 Å². The first-order valence-electron chi connectivity index (χ1n) is 7.00. The van der Waals surface area contributed by atoms with E-state index in [-0.39, 0.29) is 5.56 Å². The van der Waals surface area contributed by atoms with Crippen LogP contribution in [-0.2, 0) is 6.18 Å². The Hall–Kier alpha value is -1.72. The smallest absolute Gasteiger partial charge is 0.384 e. The molecule has 0 aliphatic carbocycles. The van der Waals surface area contributed by atoms with Gasteiger partial charge in [-0.3, -0.25) is 5.41 Å². The van der Waals surface area contributed by atoms with E-state index in [4.69, 9.17) is 11.1 Å². The number of anilines is 1. The van der Waals surface area contributed by atoms with Crippen molar-refractivity contribution in [2.45, 2.75) is 26.4 Å². The fraction of sp³-hybridized carbons (Fsp3) is 0.533. The standard InChI is InChI=1S/C15H20F3N3/c1-9(2)10-5-6-21(8-10)11-3-4-12(14(19)20)13(7-11)15(16,17)18/h3-4,7,9-10H,5-6,8H2,1-2H3,(H3,19,20). The summed E-state index contributed by atoms with van der Waals surface area (Å²) in [6, 6.07) is 4.03. The number of alkyl halides is 3. The Labute approximate surface area is 122 Å². The van der Waals surface area contributed by atoms with E-state index in [9.17, 15) is 13.2 Å². The fourth-order valence-electron chi connectivity index (χ4n) is 2.76. The molecule has 3 N–H and O–H groups in total. The van der Waals surface area contributed by atoms with Crippen LogP contribution < -0.4 is 10.6 Å². The van der Waals surface area contributed by atoms with Gasteiger partial charge < -0.3 is 10.6 Å². The molecule has 0 spiro atoms. The van der Waals surface area contributed by atoms with Crippen LogP contribution in [-0.4, -0.2) is 18.9 Å². The van der Waals surface area contributed by atoms with E-state index < -0.39 is 17.6 Å². The van der Waals surface area contributed by atoms with Crippen molar-refractivity contribution in [1.82, 2.24) is 0 Å². The lowest BCUT2D eigenvalue weighted by Gasteiger charge is -2.22.